The molecule has 0 fully saturated rings. The summed E-state index contributed by atoms with van der Waals surface area (Å²) in [6, 6.07) is 3.30. The lowest BCUT2D eigenvalue weighted by molar-refractivity contribution is 0.0950. The minimum Gasteiger partial charge on any atom is -0.507 e. The second-order valence-corrected chi connectivity index (χ2v) is 4.06. The van der Waals surface area contributed by atoms with Crippen LogP contribution in [0.3, 0.4) is 0 Å². The molecule has 0 bridgehead atoms. The van der Waals surface area contributed by atoms with Gasteiger partial charge in [0, 0.05) is 19.2 Å². The number of nitrogens with one attached hydrogen (secondary N) is 1. The molecule has 0 saturated carbocycles. The van der Waals surface area contributed by atoms with E-state index in [4.69, 9.17) is 5.11 Å². The maximum Gasteiger partial charge on any atom is 0.255 e. The highest BCUT2D eigenvalue weighted by Gasteiger charge is 2.10. The van der Waals surface area contributed by atoms with Crippen molar-refractivity contribution in [3.8, 4) is 5.75 Å². The molecular formula is C13H18FNO3. The first-order chi connectivity index (χ1) is 8.65. The van der Waals surface area contributed by atoms with Crippen LogP contribution in [-0.2, 0) is 0 Å². The molecule has 0 aliphatic rings. The first kappa shape index (κ1) is 14.4. The monoisotopic (exact) mass is 255 g/mol. The van der Waals surface area contributed by atoms with Gasteiger partial charge in [0.05, 0.1) is 5.56 Å². The van der Waals surface area contributed by atoms with E-state index < -0.39 is 11.7 Å². The van der Waals surface area contributed by atoms with Crippen molar-refractivity contribution < 1.29 is 19.4 Å². The molecular weight excluding hydrogens is 237 g/mol. The molecule has 0 heterocycles. The maximum atomic E-state index is 12.7. The molecule has 0 aromatic heterocycles. The van der Waals surface area contributed by atoms with Crippen LogP contribution in [0.15, 0.2) is 18.2 Å². The van der Waals surface area contributed by atoms with Crippen LogP contribution in [0.1, 0.15) is 36.0 Å². The van der Waals surface area contributed by atoms with Crippen molar-refractivity contribution in [2.45, 2.75) is 25.7 Å². The van der Waals surface area contributed by atoms with E-state index in [0.29, 0.717) is 6.54 Å². The first-order valence-corrected chi connectivity index (χ1v) is 6.02. The molecule has 0 aliphatic carbocycles. The minimum absolute atomic E-state index is 0.0757. The lowest BCUT2D eigenvalue weighted by Crippen LogP contribution is -2.24. The molecule has 100 valence electrons. The fourth-order valence-corrected chi connectivity index (χ4v) is 1.58. The van der Waals surface area contributed by atoms with Crippen LogP contribution in [0.4, 0.5) is 4.39 Å². The van der Waals surface area contributed by atoms with Gasteiger partial charge in [-0.15, -0.1) is 0 Å². The van der Waals surface area contributed by atoms with Crippen molar-refractivity contribution in [2.75, 3.05) is 13.2 Å². The molecule has 18 heavy (non-hydrogen) atoms. The normalized spacial score (nSPS) is 10.3. The Balaban J connectivity index is 2.32. The standard InChI is InChI=1S/C13H18FNO3/c14-10-5-6-11(12(17)9-10)13(18)15-7-3-1-2-4-8-16/h5-6,9,16-17H,1-4,7-8H2,(H,15,18). The number of aliphatic hydroxyl groups is 1. The summed E-state index contributed by atoms with van der Waals surface area (Å²) in [6.45, 7) is 0.691. The molecule has 4 nitrogen and oxygen atoms in total. The zero-order valence-corrected chi connectivity index (χ0v) is 10.2. The van der Waals surface area contributed by atoms with Crippen LogP contribution in [0.2, 0.25) is 0 Å². The van der Waals surface area contributed by atoms with Crippen molar-refractivity contribution in [3.05, 3.63) is 29.6 Å². The van der Waals surface area contributed by atoms with Gasteiger partial charge in [-0.25, -0.2) is 4.39 Å². The summed E-state index contributed by atoms with van der Waals surface area (Å²) in [4.78, 5) is 11.6. The number of rotatable bonds is 7. The SMILES string of the molecule is O=C(NCCCCCCO)c1ccc(F)cc1O. The predicted octanol–water partition coefficient (Wildman–Crippen LogP) is 1.81. The second-order valence-electron chi connectivity index (χ2n) is 4.06. The second kappa shape index (κ2) is 7.66. The number of hydrogen-bond donors (Lipinski definition) is 3. The third-order valence-electron chi connectivity index (χ3n) is 2.57. The number of phenolic OH excluding ortho intramolecular Hbond substituents is 1. The summed E-state index contributed by atoms with van der Waals surface area (Å²) < 4.78 is 12.7. The van der Waals surface area contributed by atoms with E-state index in [1.165, 1.54) is 6.07 Å². The Labute approximate surface area is 105 Å². The largest absolute Gasteiger partial charge is 0.507 e. The van der Waals surface area contributed by atoms with Gasteiger partial charge in [-0.05, 0) is 25.0 Å². The Morgan fingerprint density at radius 3 is 2.61 bits per heavy atom. The Bertz CT molecular complexity index is 396. The van der Waals surface area contributed by atoms with E-state index in [-0.39, 0.29) is 17.9 Å². The topological polar surface area (TPSA) is 69.6 Å². The number of carbonyl (C=O) groups is 1. The van der Waals surface area contributed by atoms with E-state index in [2.05, 4.69) is 5.32 Å². The van der Waals surface area contributed by atoms with Gasteiger partial charge in [0.25, 0.3) is 5.91 Å². The zero-order chi connectivity index (χ0) is 13.4. The summed E-state index contributed by atoms with van der Waals surface area (Å²) in [6.07, 6.45) is 3.44. The highest BCUT2D eigenvalue weighted by atomic mass is 19.1. The number of aromatic hydroxyl groups is 1. The number of aliphatic hydroxyl groups excluding tert-OH is 1. The molecule has 3 N–H and O–H groups in total. The molecule has 1 aromatic carbocycles. The fraction of sp³-hybridized carbons (Fsp3) is 0.462. The average Bonchev–Trinajstić information content (AvgIpc) is 2.33. The van der Waals surface area contributed by atoms with Crippen molar-refractivity contribution in [3.63, 3.8) is 0 Å². The summed E-state index contributed by atoms with van der Waals surface area (Å²) in [7, 11) is 0. The number of halogens is 1. The highest BCUT2D eigenvalue weighted by molar-refractivity contribution is 5.96. The molecule has 1 amide bonds. The molecule has 0 atom stereocenters. The van der Waals surface area contributed by atoms with Gasteiger partial charge in [0.15, 0.2) is 0 Å². The summed E-state index contributed by atoms with van der Waals surface area (Å²) in [5.41, 5.74) is 0.0757. The molecule has 0 spiro atoms. The predicted molar refractivity (Wildman–Crippen MR) is 66.0 cm³/mol. The third-order valence-corrected chi connectivity index (χ3v) is 2.57. The Kier molecular flexibility index (Phi) is 6.14. The van der Waals surface area contributed by atoms with E-state index in [1.807, 2.05) is 0 Å². The van der Waals surface area contributed by atoms with Crippen molar-refractivity contribution in [1.82, 2.24) is 5.32 Å². The summed E-state index contributed by atoms with van der Waals surface area (Å²) >= 11 is 0. The molecule has 1 rings (SSSR count). The average molecular weight is 255 g/mol. The van der Waals surface area contributed by atoms with Crippen LogP contribution >= 0.6 is 0 Å². The minimum atomic E-state index is -0.576. The van der Waals surface area contributed by atoms with E-state index in [1.54, 1.807) is 0 Å². The highest BCUT2D eigenvalue weighted by Crippen LogP contribution is 2.17. The van der Waals surface area contributed by atoms with E-state index in [9.17, 15) is 14.3 Å². The smallest absolute Gasteiger partial charge is 0.255 e. The number of hydrogen-bond acceptors (Lipinski definition) is 3. The fourth-order valence-electron chi connectivity index (χ4n) is 1.58. The van der Waals surface area contributed by atoms with Gasteiger partial charge in [0.1, 0.15) is 11.6 Å². The lowest BCUT2D eigenvalue weighted by Gasteiger charge is -2.06. The molecule has 1 aromatic rings. The van der Waals surface area contributed by atoms with Gasteiger partial charge in [-0.1, -0.05) is 12.8 Å². The van der Waals surface area contributed by atoms with Gasteiger partial charge in [0.2, 0.25) is 0 Å². The number of unbranched alkanes of at least 4 members (excludes halogenated alkanes) is 3. The lowest BCUT2D eigenvalue weighted by atomic mass is 10.1. The van der Waals surface area contributed by atoms with Crippen molar-refractivity contribution in [2.24, 2.45) is 0 Å². The number of carbonyl (C=O) groups excluding carboxylic acids is 1. The number of amides is 1. The van der Waals surface area contributed by atoms with Crippen LogP contribution in [0.5, 0.6) is 5.75 Å². The Hall–Kier alpha value is -1.62. The molecule has 0 unspecified atom stereocenters. The maximum absolute atomic E-state index is 12.7. The first-order valence-electron chi connectivity index (χ1n) is 6.02. The van der Waals surface area contributed by atoms with Gasteiger partial charge in [-0.3, -0.25) is 4.79 Å². The third kappa shape index (κ3) is 4.71. The zero-order valence-electron chi connectivity index (χ0n) is 10.2. The number of phenols is 1. The Morgan fingerprint density at radius 2 is 1.94 bits per heavy atom. The van der Waals surface area contributed by atoms with Crippen LogP contribution in [0, 0.1) is 5.82 Å². The van der Waals surface area contributed by atoms with Crippen LogP contribution in [-0.4, -0.2) is 29.3 Å². The summed E-state index contributed by atoms with van der Waals surface area (Å²) in [5, 5.41) is 20.6. The van der Waals surface area contributed by atoms with Crippen molar-refractivity contribution in [1.29, 1.82) is 0 Å². The van der Waals surface area contributed by atoms with E-state index >= 15 is 0 Å². The quantitative estimate of drug-likeness (QED) is 0.651. The van der Waals surface area contributed by atoms with Crippen LogP contribution in [0.25, 0.3) is 0 Å². The molecule has 0 radical (unpaired) electrons. The van der Waals surface area contributed by atoms with Crippen LogP contribution < -0.4 is 5.32 Å². The van der Waals surface area contributed by atoms with Gasteiger partial charge in [-0.2, -0.15) is 0 Å². The van der Waals surface area contributed by atoms with Gasteiger partial charge < -0.3 is 15.5 Å². The molecule has 0 aliphatic heterocycles. The van der Waals surface area contributed by atoms with Crippen molar-refractivity contribution >= 4 is 5.91 Å². The molecule has 0 saturated heterocycles. The van der Waals surface area contributed by atoms with E-state index in [0.717, 1.165) is 37.8 Å². The summed E-state index contributed by atoms with van der Waals surface area (Å²) in [5.74, 6) is -1.34. The van der Waals surface area contributed by atoms with Gasteiger partial charge >= 0.3 is 0 Å². The molecule has 5 heteroatoms. The Morgan fingerprint density at radius 1 is 1.22 bits per heavy atom. The number of benzene rings is 1.